The van der Waals surface area contributed by atoms with E-state index in [-0.39, 0.29) is 11.9 Å². The van der Waals surface area contributed by atoms with Crippen molar-refractivity contribution in [1.29, 1.82) is 0 Å². The first-order valence-corrected chi connectivity index (χ1v) is 9.81. The predicted molar refractivity (Wildman–Crippen MR) is 121 cm³/mol. The standard InChI is InChI=1S/2C9H11NO2.C4H6O6/c2*1-2-12-9(11)7-4-3-5-8(10)6-7;5-1(3(7)8)2(6)4(9)10/h2*3-6H,2,10H2,1H3;1-2,5-6H,(H,7,8)(H,9,10)/t;;1-,2-/m..1/s1. The van der Waals surface area contributed by atoms with E-state index < -0.39 is 24.1 Å². The van der Waals surface area contributed by atoms with Crippen molar-refractivity contribution in [2.45, 2.75) is 26.1 Å². The highest BCUT2D eigenvalue weighted by atomic mass is 16.5. The van der Waals surface area contributed by atoms with Crippen LogP contribution in [0.25, 0.3) is 0 Å². The number of aliphatic carboxylic acids is 2. The summed E-state index contributed by atoms with van der Waals surface area (Å²) in [6.45, 7) is 4.30. The van der Waals surface area contributed by atoms with Crippen LogP contribution in [-0.2, 0) is 19.1 Å². The number of esters is 2. The van der Waals surface area contributed by atoms with Gasteiger partial charge in [-0.25, -0.2) is 19.2 Å². The Hall–Kier alpha value is -4.16. The van der Waals surface area contributed by atoms with E-state index in [1.54, 1.807) is 62.4 Å². The fourth-order valence-electron chi connectivity index (χ4n) is 2.03. The van der Waals surface area contributed by atoms with Crippen LogP contribution in [0, 0.1) is 0 Å². The van der Waals surface area contributed by atoms with Gasteiger partial charge >= 0.3 is 23.9 Å². The van der Waals surface area contributed by atoms with Crippen LogP contribution in [-0.4, -0.2) is 69.7 Å². The maximum absolute atomic E-state index is 11.1. The van der Waals surface area contributed by atoms with E-state index in [0.717, 1.165) is 0 Å². The van der Waals surface area contributed by atoms with Crippen molar-refractivity contribution in [1.82, 2.24) is 0 Å². The van der Waals surface area contributed by atoms with Crippen molar-refractivity contribution in [3.8, 4) is 0 Å². The van der Waals surface area contributed by atoms with Crippen molar-refractivity contribution >= 4 is 35.3 Å². The summed E-state index contributed by atoms with van der Waals surface area (Å²) in [5.41, 5.74) is 13.1. The van der Waals surface area contributed by atoms with Gasteiger partial charge in [0.1, 0.15) is 0 Å². The molecule has 2 rings (SSSR count). The van der Waals surface area contributed by atoms with Gasteiger partial charge < -0.3 is 41.4 Å². The number of benzene rings is 2. The summed E-state index contributed by atoms with van der Waals surface area (Å²) in [4.78, 5) is 41.8. The van der Waals surface area contributed by atoms with Crippen LogP contribution < -0.4 is 11.5 Å². The molecular weight excluding hydrogens is 452 g/mol. The Bertz CT molecular complexity index is 887. The molecule has 2 atom stereocenters. The Labute approximate surface area is 195 Å². The maximum Gasteiger partial charge on any atom is 0.338 e. The number of rotatable bonds is 7. The molecule has 0 radical (unpaired) electrons. The molecule has 8 N–H and O–H groups in total. The number of ether oxygens (including phenoxy) is 2. The van der Waals surface area contributed by atoms with Crippen molar-refractivity contribution in [2.24, 2.45) is 0 Å². The lowest BCUT2D eigenvalue weighted by Crippen LogP contribution is -2.39. The SMILES string of the molecule is CCOC(=O)c1cccc(N)c1.CCOC(=O)c1cccc(N)c1.O=C(O)[C@H](O)[C@@H](O)C(=O)O. The summed E-state index contributed by atoms with van der Waals surface area (Å²) in [5, 5.41) is 32.5. The van der Waals surface area contributed by atoms with Crippen LogP contribution >= 0.6 is 0 Å². The Balaban J connectivity index is 0.000000484. The highest BCUT2D eigenvalue weighted by Crippen LogP contribution is 2.08. The third-order valence-electron chi connectivity index (χ3n) is 3.60. The molecule has 2 aromatic carbocycles. The van der Waals surface area contributed by atoms with Gasteiger partial charge in [-0.2, -0.15) is 0 Å². The minimum Gasteiger partial charge on any atom is -0.479 e. The van der Waals surface area contributed by atoms with Crippen LogP contribution in [0.3, 0.4) is 0 Å². The lowest BCUT2D eigenvalue weighted by molar-refractivity contribution is -0.165. The predicted octanol–water partition coefficient (Wildman–Crippen LogP) is 0.768. The number of nitrogen functional groups attached to an aromatic ring is 2. The normalized spacial score (nSPS) is 11.3. The summed E-state index contributed by atoms with van der Waals surface area (Å²) in [7, 11) is 0. The van der Waals surface area contributed by atoms with E-state index in [2.05, 4.69) is 0 Å². The molecular formula is C22H28N2O10. The molecule has 0 saturated heterocycles. The molecule has 0 saturated carbocycles. The van der Waals surface area contributed by atoms with Crippen molar-refractivity contribution < 1.29 is 49.1 Å². The molecule has 34 heavy (non-hydrogen) atoms. The van der Waals surface area contributed by atoms with Crippen LogP contribution in [0.15, 0.2) is 48.5 Å². The molecule has 0 spiro atoms. The van der Waals surface area contributed by atoms with Crippen molar-refractivity contribution in [2.75, 3.05) is 24.7 Å². The van der Waals surface area contributed by atoms with E-state index in [0.29, 0.717) is 35.7 Å². The van der Waals surface area contributed by atoms with Gasteiger partial charge in [0.2, 0.25) is 0 Å². The fraction of sp³-hybridized carbons (Fsp3) is 0.273. The first-order chi connectivity index (χ1) is 15.9. The molecule has 0 fully saturated rings. The largest absolute Gasteiger partial charge is 0.479 e. The third-order valence-corrected chi connectivity index (χ3v) is 3.60. The molecule has 12 nitrogen and oxygen atoms in total. The number of hydrogen-bond acceptors (Lipinski definition) is 10. The Morgan fingerprint density at radius 2 is 1.06 bits per heavy atom. The van der Waals surface area contributed by atoms with Crippen molar-refractivity contribution in [3.05, 3.63) is 59.7 Å². The molecule has 0 unspecified atom stereocenters. The number of aliphatic hydroxyl groups excluding tert-OH is 2. The first-order valence-electron chi connectivity index (χ1n) is 9.81. The average Bonchev–Trinajstić information content (AvgIpc) is 2.79. The van der Waals surface area contributed by atoms with Gasteiger partial charge in [-0.15, -0.1) is 0 Å². The molecule has 0 aliphatic rings. The smallest absolute Gasteiger partial charge is 0.338 e. The molecule has 186 valence electrons. The Morgan fingerprint density at radius 3 is 1.29 bits per heavy atom. The Kier molecular flexibility index (Phi) is 13.7. The molecule has 0 bridgehead atoms. The van der Waals surface area contributed by atoms with Gasteiger partial charge in [0.05, 0.1) is 24.3 Å². The highest BCUT2D eigenvalue weighted by Gasteiger charge is 2.29. The van der Waals surface area contributed by atoms with E-state index in [1.165, 1.54) is 0 Å². The van der Waals surface area contributed by atoms with Gasteiger partial charge in [-0.05, 0) is 50.2 Å². The number of hydrogen-bond donors (Lipinski definition) is 6. The van der Waals surface area contributed by atoms with Crippen molar-refractivity contribution in [3.63, 3.8) is 0 Å². The molecule has 0 amide bonds. The second-order valence-electron chi connectivity index (χ2n) is 6.26. The number of carboxylic acid groups (broad SMARTS) is 2. The lowest BCUT2D eigenvalue weighted by Gasteiger charge is -2.07. The number of aliphatic hydroxyl groups is 2. The van der Waals surface area contributed by atoms with Crippen LogP contribution in [0.1, 0.15) is 34.6 Å². The van der Waals surface area contributed by atoms with Crippen LogP contribution in [0.5, 0.6) is 0 Å². The number of carbonyl (C=O) groups is 4. The maximum atomic E-state index is 11.1. The van der Waals surface area contributed by atoms with Gasteiger partial charge in [-0.3, -0.25) is 0 Å². The summed E-state index contributed by atoms with van der Waals surface area (Å²) in [6.07, 6.45) is -4.53. The molecule has 2 aromatic rings. The number of anilines is 2. The lowest BCUT2D eigenvalue weighted by atomic mass is 10.2. The Morgan fingerprint density at radius 1 is 0.735 bits per heavy atom. The number of carbonyl (C=O) groups excluding carboxylic acids is 2. The van der Waals surface area contributed by atoms with Gasteiger partial charge in [0.25, 0.3) is 0 Å². The fourth-order valence-corrected chi connectivity index (χ4v) is 2.03. The second-order valence-corrected chi connectivity index (χ2v) is 6.26. The number of nitrogens with two attached hydrogens (primary N) is 2. The van der Waals surface area contributed by atoms with Crippen LogP contribution in [0.2, 0.25) is 0 Å². The minimum absolute atomic E-state index is 0.329. The summed E-state index contributed by atoms with van der Waals surface area (Å²) < 4.78 is 9.58. The molecule has 12 heteroatoms. The molecule has 0 heterocycles. The quantitative estimate of drug-likeness (QED) is 0.239. The van der Waals surface area contributed by atoms with Gasteiger partial charge in [-0.1, -0.05) is 12.1 Å². The van der Waals surface area contributed by atoms with Gasteiger partial charge in [0, 0.05) is 11.4 Å². The van der Waals surface area contributed by atoms with Gasteiger partial charge in [0.15, 0.2) is 12.2 Å². The van der Waals surface area contributed by atoms with Crippen LogP contribution in [0.4, 0.5) is 11.4 Å². The minimum atomic E-state index is -2.27. The monoisotopic (exact) mass is 480 g/mol. The van der Waals surface area contributed by atoms with E-state index in [1.807, 2.05) is 0 Å². The van der Waals surface area contributed by atoms with E-state index >= 15 is 0 Å². The third kappa shape index (κ3) is 11.5. The summed E-state index contributed by atoms with van der Waals surface area (Å²) in [5.74, 6) is -4.19. The zero-order chi connectivity index (χ0) is 26.3. The first kappa shape index (κ1) is 29.8. The summed E-state index contributed by atoms with van der Waals surface area (Å²) in [6, 6.07) is 13.4. The summed E-state index contributed by atoms with van der Waals surface area (Å²) >= 11 is 0. The second kappa shape index (κ2) is 15.6. The van der Waals surface area contributed by atoms with E-state index in [4.69, 9.17) is 41.4 Å². The zero-order valence-corrected chi connectivity index (χ0v) is 18.6. The number of carboxylic acids is 2. The topological polar surface area (TPSA) is 220 Å². The molecule has 0 aromatic heterocycles. The van der Waals surface area contributed by atoms with E-state index in [9.17, 15) is 19.2 Å². The molecule has 0 aliphatic heterocycles. The molecule has 0 aliphatic carbocycles. The average molecular weight is 480 g/mol. The zero-order valence-electron chi connectivity index (χ0n) is 18.6. The highest BCUT2D eigenvalue weighted by molar-refractivity contribution is 5.90.